The molecule has 2 fully saturated rings. The van der Waals surface area contributed by atoms with Gasteiger partial charge < -0.3 is 19.3 Å². The first-order valence-electron chi connectivity index (χ1n) is 8.21. The molecule has 8 heteroatoms. The number of aliphatic hydroxyl groups is 1. The summed E-state index contributed by atoms with van der Waals surface area (Å²) in [5.41, 5.74) is 0.174. The first kappa shape index (κ1) is 16.4. The fourth-order valence-electron chi connectivity index (χ4n) is 3.23. The standard InChI is InChI=1S/C15H23N3O5/c1-2-21-14(20)12-9-18(17-16-12)13-6-4-8-15(23-13)7-3-5-11(10-19)22-15/h9,11,13,19H,2-8,10H2,1H3/t11-,13-,15?/m0/s1. The monoisotopic (exact) mass is 325 g/mol. The zero-order valence-electron chi connectivity index (χ0n) is 13.3. The van der Waals surface area contributed by atoms with E-state index in [4.69, 9.17) is 14.2 Å². The topological polar surface area (TPSA) is 95.7 Å². The van der Waals surface area contributed by atoms with Gasteiger partial charge in [-0.2, -0.15) is 0 Å². The Balaban J connectivity index is 1.70. The van der Waals surface area contributed by atoms with Crippen LogP contribution in [0.15, 0.2) is 6.20 Å². The van der Waals surface area contributed by atoms with E-state index in [0.717, 1.165) is 38.5 Å². The SMILES string of the molecule is CCOC(=O)c1cn([C@@H]2CCCC3(CCC[C@@H](CO)O3)O2)nn1. The van der Waals surface area contributed by atoms with Gasteiger partial charge in [0.15, 0.2) is 17.7 Å². The lowest BCUT2D eigenvalue weighted by atomic mass is 9.94. The highest BCUT2D eigenvalue weighted by molar-refractivity contribution is 5.86. The van der Waals surface area contributed by atoms with E-state index >= 15 is 0 Å². The number of esters is 1. The van der Waals surface area contributed by atoms with Gasteiger partial charge in [0.25, 0.3) is 0 Å². The largest absolute Gasteiger partial charge is 0.461 e. The van der Waals surface area contributed by atoms with E-state index < -0.39 is 11.8 Å². The van der Waals surface area contributed by atoms with Gasteiger partial charge in [0, 0.05) is 12.8 Å². The van der Waals surface area contributed by atoms with Crippen LogP contribution in [-0.2, 0) is 14.2 Å². The summed E-state index contributed by atoms with van der Waals surface area (Å²) in [7, 11) is 0. The quantitative estimate of drug-likeness (QED) is 0.836. The molecule has 1 aromatic rings. The van der Waals surface area contributed by atoms with Crippen LogP contribution in [0.5, 0.6) is 0 Å². The van der Waals surface area contributed by atoms with Gasteiger partial charge in [-0.1, -0.05) is 5.21 Å². The minimum absolute atomic E-state index is 0.00606. The van der Waals surface area contributed by atoms with Crippen LogP contribution in [0.3, 0.4) is 0 Å². The number of carbonyl (C=O) groups excluding carboxylic acids is 1. The van der Waals surface area contributed by atoms with E-state index in [1.807, 2.05) is 0 Å². The van der Waals surface area contributed by atoms with Crippen LogP contribution in [0, 0.1) is 0 Å². The van der Waals surface area contributed by atoms with Crippen LogP contribution in [0.25, 0.3) is 0 Å². The van der Waals surface area contributed by atoms with Crippen LogP contribution in [0.1, 0.15) is 62.2 Å². The highest BCUT2D eigenvalue weighted by Gasteiger charge is 2.43. The van der Waals surface area contributed by atoms with Gasteiger partial charge in [-0.25, -0.2) is 9.48 Å². The Labute approximate surface area is 134 Å². The normalized spacial score (nSPS) is 31.2. The van der Waals surface area contributed by atoms with Crippen LogP contribution < -0.4 is 0 Å². The van der Waals surface area contributed by atoms with Crippen LogP contribution in [-0.4, -0.2) is 51.2 Å². The van der Waals surface area contributed by atoms with Crippen LogP contribution in [0.2, 0.25) is 0 Å². The summed E-state index contributed by atoms with van der Waals surface area (Å²) in [6.45, 7) is 2.05. The predicted molar refractivity (Wildman–Crippen MR) is 78.5 cm³/mol. The number of ether oxygens (including phenoxy) is 3. The minimum Gasteiger partial charge on any atom is -0.461 e. The number of hydrogen-bond donors (Lipinski definition) is 1. The number of aliphatic hydroxyl groups excluding tert-OH is 1. The summed E-state index contributed by atoms with van der Waals surface area (Å²) in [6.07, 6.45) is 6.18. The molecule has 3 atom stereocenters. The molecule has 1 unspecified atom stereocenters. The van der Waals surface area contributed by atoms with Gasteiger partial charge in [-0.3, -0.25) is 0 Å². The summed E-state index contributed by atoms with van der Waals surface area (Å²) in [6, 6.07) is 0. The van der Waals surface area contributed by atoms with E-state index in [1.54, 1.807) is 17.8 Å². The second kappa shape index (κ2) is 6.94. The summed E-state index contributed by atoms with van der Waals surface area (Å²) in [5.74, 6) is -1.15. The van der Waals surface area contributed by atoms with Crippen LogP contribution >= 0.6 is 0 Å². The van der Waals surface area contributed by atoms with Gasteiger partial charge in [0.2, 0.25) is 0 Å². The number of carbonyl (C=O) groups is 1. The maximum absolute atomic E-state index is 11.7. The lowest BCUT2D eigenvalue weighted by Gasteiger charge is -2.45. The summed E-state index contributed by atoms with van der Waals surface area (Å²) in [4.78, 5) is 11.7. The third-order valence-electron chi connectivity index (χ3n) is 4.32. The molecule has 3 rings (SSSR count). The molecule has 128 valence electrons. The maximum Gasteiger partial charge on any atom is 0.360 e. The average Bonchev–Trinajstić information content (AvgIpc) is 3.05. The van der Waals surface area contributed by atoms with Crippen molar-refractivity contribution in [3.8, 4) is 0 Å². The fourth-order valence-corrected chi connectivity index (χ4v) is 3.23. The summed E-state index contributed by atoms with van der Waals surface area (Å²) in [5, 5.41) is 17.2. The fraction of sp³-hybridized carbons (Fsp3) is 0.800. The van der Waals surface area contributed by atoms with Gasteiger partial charge >= 0.3 is 5.97 Å². The highest BCUT2D eigenvalue weighted by atomic mass is 16.7. The highest BCUT2D eigenvalue weighted by Crippen LogP contribution is 2.41. The molecule has 2 saturated heterocycles. The van der Waals surface area contributed by atoms with E-state index in [0.29, 0.717) is 6.61 Å². The average molecular weight is 325 g/mol. The molecule has 0 bridgehead atoms. The van der Waals surface area contributed by atoms with E-state index in [-0.39, 0.29) is 24.6 Å². The van der Waals surface area contributed by atoms with Crippen molar-refractivity contribution >= 4 is 5.97 Å². The minimum atomic E-state index is -0.662. The first-order valence-corrected chi connectivity index (χ1v) is 8.21. The van der Waals surface area contributed by atoms with Crippen molar-refractivity contribution in [1.82, 2.24) is 15.0 Å². The molecule has 8 nitrogen and oxygen atoms in total. The maximum atomic E-state index is 11.7. The molecule has 1 spiro atoms. The Bertz CT molecular complexity index is 545. The summed E-state index contributed by atoms with van der Waals surface area (Å²) < 4.78 is 18.6. The Morgan fingerprint density at radius 2 is 2.22 bits per heavy atom. The first-order chi connectivity index (χ1) is 11.2. The third kappa shape index (κ3) is 3.54. The van der Waals surface area contributed by atoms with Crippen LogP contribution in [0.4, 0.5) is 0 Å². The molecule has 2 aliphatic rings. The molecule has 0 amide bonds. The summed E-state index contributed by atoms with van der Waals surface area (Å²) >= 11 is 0. The molecule has 1 N–H and O–H groups in total. The Hall–Kier alpha value is -1.51. The van der Waals surface area contributed by atoms with E-state index in [9.17, 15) is 9.90 Å². The second-order valence-electron chi connectivity index (χ2n) is 5.99. The Morgan fingerprint density at radius 1 is 1.43 bits per heavy atom. The number of hydrogen-bond acceptors (Lipinski definition) is 7. The molecule has 2 aliphatic heterocycles. The van der Waals surface area contributed by atoms with Gasteiger partial charge in [-0.15, -0.1) is 5.10 Å². The Morgan fingerprint density at radius 3 is 2.96 bits per heavy atom. The number of nitrogens with zero attached hydrogens (tertiary/aromatic N) is 3. The second-order valence-corrected chi connectivity index (χ2v) is 5.99. The van der Waals surface area contributed by atoms with Gasteiger partial charge in [0.05, 0.1) is 25.5 Å². The lowest BCUT2D eigenvalue weighted by Crippen LogP contribution is -2.47. The molecular weight excluding hydrogens is 302 g/mol. The molecule has 0 aromatic carbocycles. The van der Waals surface area contributed by atoms with Crippen molar-refractivity contribution in [2.24, 2.45) is 0 Å². The number of rotatable bonds is 4. The predicted octanol–water partition coefficient (Wildman–Crippen LogP) is 1.41. The van der Waals surface area contributed by atoms with Crippen molar-refractivity contribution in [1.29, 1.82) is 0 Å². The van der Waals surface area contributed by atoms with Crippen molar-refractivity contribution in [3.63, 3.8) is 0 Å². The molecule has 23 heavy (non-hydrogen) atoms. The molecular formula is C15H23N3O5. The van der Waals surface area contributed by atoms with Crippen molar-refractivity contribution in [2.45, 2.75) is 63.6 Å². The van der Waals surface area contributed by atoms with Gasteiger partial charge in [-0.05, 0) is 32.6 Å². The van der Waals surface area contributed by atoms with Crippen molar-refractivity contribution in [3.05, 3.63) is 11.9 Å². The van der Waals surface area contributed by atoms with E-state index in [2.05, 4.69) is 10.3 Å². The smallest absolute Gasteiger partial charge is 0.360 e. The van der Waals surface area contributed by atoms with Crippen molar-refractivity contribution in [2.75, 3.05) is 13.2 Å². The van der Waals surface area contributed by atoms with Gasteiger partial charge in [0.1, 0.15) is 0 Å². The zero-order chi connectivity index (χ0) is 16.3. The molecule has 0 aliphatic carbocycles. The number of aromatic nitrogens is 3. The molecule has 0 saturated carbocycles. The molecule has 0 radical (unpaired) electrons. The third-order valence-corrected chi connectivity index (χ3v) is 4.32. The Kier molecular flexibility index (Phi) is 4.93. The molecule has 3 heterocycles. The van der Waals surface area contributed by atoms with Crippen molar-refractivity contribution < 1.29 is 24.1 Å². The zero-order valence-corrected chi connectivity index (χ0v) is 13.3. The molecule has 1 aromatic heterocycles. The lowest BCUT2D eigenvalue weighted by molar-refractivity contribution is -0.332. The van der Waals surface area contributed by atoms with E-state index in [1.165, 1.54) is 0 Å².